The highest BCUT2D eigenvalue weighted by Crippen LogP contribution is 2.54. The van der Waals surface area contributed by atoms with Gasteiger partial charge in [-0.3, -0.25) is 4.79 Å². The second-order valence-electron chi connectivity index (χ2n) is 15.1. The third-order valence-electron chi connectivity index (χ3n) is 11.1. The van der Waals surface area contributed by atoms with E-state index >= 15 is 0 Å². The number of fused-ring (bicyclic) bond motifs is 5. The normalized spacial score (nSPS) is 17.1. The lowest BCUT2D eigenvalue weighted by Gasteiger charge is -2.47. The molecule has 0 saturated heterocycles. The van der Waals surface area contributed by atoms with Crippen LogP contribution in [-0.4, -0.2) is 24.5 Å². The van der Waals surface area contributed by atoms with Gasteiger partial charge in [-0.05, 0) is 123 Å². The lowest BCUT2D eigenvalue weighted by molar-refractivity contribution is -0.121. The zero-order chi connectivity index (χ0) is 34.9. The molecule has 0 bridgehead atoms. The fraction of sp³-hybridized carbons (Fsp3) is 0.476. The van der Waals surface area contributed by atoms with Crippen molar-refractivity contribution >= 4 is 54.4 Å². The number of nitrogens with zero attached hydrogens (tertiary/aromatic N) is 1. The molecule has 2 aliphatic rings. The number of hydrogen-bond acceptors (Lipinski definition) is 4. The zero-order valence-corrected chi connectivity index (χ0v) is 32.9. The van der Waals surface area contributed by atoms with Gasteiger partial charge in [-0.15, -0.1) is 0 Å². The van der Waals surface area contributed by atoms with Gasteiger partial charge >= 0.3 is 5.63 Å². The summed E-state index contributed by atoms with van der Waals surface area (Å²) in [6.45, 7) is 12.6. The molecule has 4 aromatic rings. The summed E-state index contributed by atoms with van der Waals surface area (Å²) in [4.78, 5) is 27.9. The Bertz CT molecular complexity index is 1860. The molecule has 6 rings (SSSR count). The minimum Gasteiger partial charge on any atom is -0.423 e. The van der Waals surface area contributed by atoms with Crippen LogP contribution in [0.5, 0.6) is 0 Å². The van der Waals surface area contributed by atoms with E-state index in [1.54, 1.807) is 6.07 Å². The number of halogens is 2. The first-order valence-electron chi connectivity index (χ1n) is 18.2. The molecule has 260 valence electrons. The van der Waals surface area contributed by atoms with E-state index in [2.05, 4.69) is 118 Å². The molecule has 49 heavy (non-hydrogen) atoms. The lowest BCUT2D eigenvalue weighted by atomic mass is 9.71. The summed E-state index contributed by atoms with van der Waals surface area (Å²) < 4.78 is 7.84. The van der Waals surface area contributed by atoms with Gasteiger partial charge in [-0.25, -0.2) is 4.79 Å². The molecule has 1 aromatic heterocycles. The average molecular weight is 791 g/mol. The first-order chi connectivity index (χ1) is 23.4. The molecule has 5 nitrogen and oxygen atoms in total. The Hall–Kier alpha value is -2.90. The van der Waals surface area contributed by atoms with Gasteiger partial charge in [-0.2, -0.15) is 0 Å². The van der Waals surface area contributed by atoms with Crippen molar-refractivity contribution in [1.29, 1.82) is 0 Å². The molecular weight excluding hydrogens is 740 g/mol. The van der Waals surface area contributed by atoms with Crippen molar-refractivity contribution in [3.8, 4) is 11.1 Å². The van der Waals surface area contributed by atoms with E-state index in [-0.39, 0.29) is 22.5 Å². The molecular formula is C42H50Br2N2O3. The molecule has 0 radical (unpaired) electrons. The summed E-state index contributed by atoms with van der Waals surface area (Å²) in [5.74, 6) is 0.525. The van der Waals surface area contributed by atoms with Gasteiger partial charge in [0.15, 0.2) is 0 Å². The van der Waals surface area contributed by atoms with Crippen molar-refractivity contribution in [2.45, 2.75) is 116 Å². The number of unbranched alkanes of at least 4 members (excludes halogenated alkanes) is 4. The van der Waals surface area contributed by atoms with Crippen molar-refractivity contribution in [3.63, 3.8) is 0 Å². The highest BCUT2D eigenvalue weighted by Gasteiger charge is 2.43. The quantitative estimate of drug-likeness (QED) is 0.108. The van der Waals surface area contributed by atoms with E-state index in [9.17, 15) is 9.59 Å². The van der Waals surface area contributed by atoms with Crippen LogP contribution < -0.4 is 15.8 Å². The summed E-state index contributed by atoms with van der Waals surface area (Å²) in [6.07, 6.45) is 10.1. The van der Waals surface area contributed by atoms with Crippen LogP contribution in [-0.2, 0) is 10.2 Å². The van der Waals surface area contributed by atoms with Gasteiger partial charge < -0.3 is 14.6 Å². The highest BCUT2D eigenvalue weighted by atomic mass is 79.9. The zero-order valence-electron chi connectivity index (χ0n) is 29.7. The third-order valence-corrected chi connectivity index (χ3v) is 12.1. The Morgan fingerprint density at radius 2 is 1.61 bits per heavy atom. The average Bonchev–Trinajstić information content (AvgIpc) is 3.29. The van der Waals surface area contributed by atoms with Crippen LogP contribution in [0.2, 0.25) is 0 Å². The largest absolute Gasteiger partial charge is 0.423 e. The second-order valence-corrected chi connectivity index (χ2v) is 16.9. The molecule has 0 fully saturated rings. The number of carbonyl (C=O) groups excluding carboxylic acids is 1. The molecule has 1 aliphatic carbocycles. The Kier molecular flexibility index (Phi) is 10.8. The van der Waals surface area contributed by atoms with Crippen molar-refractivity contribution in [2.24, 2.45) is 0 Å². The SMILES string of the molecule is CCCCCCC1(CCNC(=O)CCCCN2c3cc4oc(=O)cc(C)c4cc3C(C)CC2(C)C)c2cc(Br)ccc2-c2ccc(Br)cc21. The maximum atomic E-state index is 13.3. The Morgan fingerprint density at radius 3 is 2.29 bits per heavy atom. The van der Waals surface area contributed by atoms with Crippen LogP contribution in [0.25, 0.3) is 22.1 Å². The number of benzene rings is 3. The van der Waals surface area contributed by atoms with Crippen LogP contribution in [0.15, 0.2) is 72.8 Å². The van der Waals surface area contributed by atoms with E-state index in [4.69, 9.17) is 4.42 Å². The molecule has 1 unspecified atom stereocenters. The number of nitrogens with one attached hydrogen (secondary N) is 1. The van der Waals surface area contributed by atoms with Crippen LogP contribution in [0.1, 0.15) is 120 Å². The smallest absolute Gasteiger partial charge is 0.336 e. The highest BCUT2D eigenvalue weighted by molar-refractivity contribution is 9.10. The van der Waals surface area contributed by atoms with E-state index in [1.165, 1.54) is 47.1 Å². The van der Waals surface area contributed by atoms with Gasteiger partial charge in [0.1, 0.15) is 5.58 Å². The summed E-state index contributed by atoms with van der Waals surface area (Å²) in [7, 11) is 0. The molecule has 1 amide bonds. The minimum absolute atomic E-state index is 0.0459. The van der Waals surface area contributed by atoms with Crippen LogP contribution in [0.4, 0.5) is 5.69 Å². The number of anilines is 1. The number of hydrogen-bond donors (Lipinski definition) is 1. The maximum Gasteiger partial charge on any atom is 0.336 e. The first-order valence-corrected chi connectivity index (χ1v) is 19.8. The number of carbonyl (C=O) groups is 1. The molecule has 0 spiro atoms. The van der Waals surface area contributed by atoms with E-state index in [1.807, 2.05) is 6.92 Å². The number of amides is 1. The summed E-state index contributed by atoms with van der Waals surface area (Å²) in [5, 5.41) is 4.32. The summed E-state index contributed by atoms with van der Waals surface area (Å²) >= 11 is 7.52. The first kappa shape index (κ1) is 35.9. The predicted octanol–water partition coefficient (Wildman–Crippen LogP) is 11.3. The molecule has 1 aliphatic heterocycles. The standard InChI is InChI=1S/C42H50Br2N2O3/c1-6-7-8-10-17-42(35-22-29(43)13-15-31(35)32-16-14-30(44)23-36(32)42)18-19-45-39(47)12-9-11-20-46-37-25-38-34(27(2)21-40(48)49-38)24-33(37)28(3)26-41(46,4)5/h13-16,21-25,28H,6-12,17-20,26H2,1-5H3,(H,45,47). The molecule has 2 heterocycles. The van der Waals surface area contributed by atoms with E-state index in [0.29, 0.717) is 24.5 Å². The van der Waals surface area contributed by atoms with Crippen molar-refractivity contribution in [2.75, 3.05) is 18.0 Å². The monoisotopic (exact) mass is 788 g/mol. The Labute approximate surface area is 308 Å². The van der Waals surface area contributed by atoms with E-state index < -0.39 is 0 Å². The van der Waals surface area contributed by atoms with Crippen LogP contribution in [0, 0.1) is 6.92 Å². The molecule has 0 saturated carbocycles. The van der Waals surface area contributed by atoms with Gasteiger partial charge in [0.25, 0.3) is 0 Å². The van der Waals surface area contributed by atoms with Gasteiger partial charge in [0.05, 0.1) is 0 Å². The fourth-order valence-corrected chi connectivity index (χ4v) is 9.46. The molecule has 7 heteroatoms. The molecule has 3 aromatic carbocycles. The summed E-state index contributed by atoms with van der Waals surface area (Å²) in [5.41, 5.74) is 8.94. The van der Waals surface area contributed by atoms with Crippen molar-refractivity contribution < 1.29 is 9.21 Å². The third kappa shape index (κ3) is 7.30. The van der Waals surface area contributed by atoms with E-state index in [0.717, 1.165) is 70.7 Å². The number of aryl methyl sites for hydroxylation is 1. The lowest BCUT2D eigenvalue weighted by Crippen LogP contribution is -2.48. The maximum absolute atomic E-state index is 13.3. The summed E-state index contributed by atoms with van der Waals surface area (Å²) in [6, 6.07) is 19.3. The van der Waals surface area contributed by atoms with Crippen molar-refractivity contribution in [1.82, 2.24) is 5.32 Å². The molecule has 1 N–H and O–H groups in total. The van der Waals surface area contributed by atoms with Gasteiger partial charge in [0.2, 0.25) is 5.91 Å². The number of rotatable bonds is 13. The predicted molar refractivity (Wildman–Crippen MR) is 210 cm³/mol. The minimum atomic E-state index is -0.310. The van der Waals surface area contributed by atoms with Gasteiger partial charge in [0, 0.05) is 62.6 Å². The topological polar surface area (TPSA) is 62.6 Å². The Balaban J connectivity index is 1.12. The van der Waals surface area contributed by atoms with Crippen LogP contribution >= 0.6 is 31.9 Å². The van der Waals surface area contributed by atoms with Crippen molar-refractivity contribution in [3.05, 3.63) is 96.2 Å². The fourth-order valence-electron chi connectivity index (χ4n) is 8.73. The van der Waals surface area contributed by atoms with Crippen LogP contribution in [0.3, 0.4) is 0 Å². The second kappa shape index (κ2) is 14.8. The van der Waals surface area contributed by atoms with Gasteiger partial charge in [-0.1, -0.05) is 83.5 Å². The molecule has 1 atom stereocenters. The Morgan fingerprint density at radius 1 is 0.918 bits per heavy atom.